The summed E-state index contributed by atoms with van der Waals surface area (Å²) in [5.41, 5.74) is -0.390. The van der Waals surface area contributed by atoms with E-state index < -0.39 is 21.7 Å². The number of para-hydroxylation sites is 1. The van der Waals surface area contributed by atoms with Gasteiger partial charge in [0.2, 0.25) is 10.0 Å². The van der Waals surface area contributed by atoms with Crippen LogP contribution in [0.3, 0.4) is 0 Å². The SMILES string of the molecule is Cc1ccccc1OC1CCN(C[C@]2(O)CN(S(=O)(=O)c3ccccc3)C[C@H]2O)CC1. The third-order valence-corrected chi connectivity index (χ3v) is 8.07. The van der Waals surface area contributed by atoms with Crippen LogP contribution in [-0.4, -0.2) is 78.4 Å². The number of benzene rings is 2. The highest BCUT2D eigenvalue weighted by atomic mass is 32.2. The Kier molecular flexibility index (Phi) is 6.37. The smallest absolute Gasteiger partial charge is 0.243 e. The van der Waals surface area contributed by atoms with E-state index in [2.05, 4.69) is 4.90 Å². The molecule has 2 aromatic carbocycles. The molecule has 0 saturated carbocycles. The van der Waals surface area contributed by atoms with Gasteiger partial charge < -0.3 is 19.8 Å². The lowest BCUT2D eigenvalue weighted by molar-refractivity contribution is -0.0672. The lowest BCUT2D eigenvalue weighted by Crippen LogP contribution is -2.53. The molecule has 2 aliphatic rings. The van der Waals surface area contributed by atoms with Gasteiger partial charge in [-0.05, 0) is 43.5 Å². The zero-order chi connectivity index (χ0) is 22.1. The van der Waals surface area contributed by atoms with E-state index >= 15 is 0 Å². The van der Waals surface area contributed by atoms with Gasteiger partial charge >= 0.3 is 0 Å². The minimum Gasteiger partial charge on any atom is -0.490 e. The second kappa shape index (κ2) is 8.88. The minimum atomic E-state index is -3.76. The minimum absolute atomic E-state index is 0.107. The molecule has 2 aliphatic heterocycles. The van der Waals surface area contributed by atoms with Crippen molar-refractivity contribution >= 4 is 10.0 Å². The number of likely N-dealkylation sites (tertiary alicyclic amines) is 1. The number of β-amino-alcohol motifs (C(OH)–C–C–N with tert-alkyl or cyclic N) is 2. The number of aryl methyl sites for hydroxylation is 1. The second-order valence-corrected chi connectivity index (χ2v) is 10.5. The lowest BCUT2D eigenvalue weighted by atomic mass is 9.97. The molecule has 2 fully saturated rings. The zero-order valence-corrected chi connectivity index (χ0v) is 18.5. The molecule has 2 heterocycles. The van der Waals surface area contributed by atoms with Crippen LogP contribution >= 0.6 is 0 Å². The molecule has 2 saturated heterocycles. The van der Waals surface area contributed by atoms with E-state index in [1.165, 1.54) is 16.4 Å². The number of ether oxygens (including phenoxy) is 1. The Bertz CT molecular complexity index is 992. The summed E-state index contributed by atoms with van der Waals surface area (Å²) in [6, 6.07) is 16.1. The van der Waals surface area contributed by atoms with Gasteiger partial charge in [0, 0.05) is 32.7 Å². The molecule has 7 nitrogen and oxygen atoms in total. The molecular formula is C23H30N2O5S. The Labute approximate surface area is 183 Å². The predicted molar refractivity (Wildman–Crippen MR) is 117 cm³/mol. The van der Waals surface area contributed by atoms with Gasteiger partial charge in [0.1, 0.15) is 17.5 Å². The van der Waals surface area contributed by atoms with Gasteiger partial charge in [-0.15, -0.1) is 0 Å². The fraction of sp³-hybridized carbons (Fsp3) is 0.478. The topological polar surface area (TPSA) is 90.3 Å². The van der Waals surface area contributed by atoms with Crippen molar-refractivity contribution in [3.05, 3.63) is 60.2 Å². The maximum Gasteiger partial charge on any atom is 0.243 e. The third kappa shape index (κ3) is 4.78. The largest absolute Gasteiger partial charge is 0.490 e. The van der Waals surface area contributed by atoms with Gasteiger partial charge in [-0.2, -0.15) is 4.31 Å². The number of piperidine rings is 1. The first-order valence-electron chi connectivity index (χ1n) is 10.7. The van der Waals surface area contributed by atoms with Gasteiger partial charge in [-0.1, -0.05) is 36.4 Å². The van der Waals surface area contributed by atoms with Crippen LogP contribution < -0.4 is 4.74 Å². The summed E-state index contributed by atoms with van der Waals surface area (Å²) in [5.74, 6) is 0.896. The summed E-state index contributed by atoms with van der Waals surface area (Å²) >= 11 is 0. The molecular weight excluding hydrogens is 416 g/mol. The number of aliphatic hydroxyl groups excluding tert-OH is 1. The van der Waals surface area contributed by atoms with Crippen molar-refractivity contribution in [2.45, 2.75) is 42.5 Å². The highest BCUT2D eigenvalue weighted by Gasteiger charge is 2.49. The maximum atomic E-state index is 12.9. The van der Waals surface area contributed by atoms with Gasteiger partial charge in [0.05, 0.1) is 11.0 Å². The van der Waals surface area contributed by atoms with E-state index in [1.54, 1.807) is 18.2 Å². The molecule has 2 atom stereocenters. The highest BCUT2D eigenvalue weighted by molar-refractivity contribution is 7.89. The fourth-order valence-electron chi connectivity index (χ4n) is 4.36. The van der Waals surface area contributed by atoms with Crippen molar-refractivity contribution in [1.82, 2.24) is 9.21 Å². The normalized spacial score (nSPS) is 26.2. The zero-order valence-electron chi connectivity index (χ0n) is 17.7. The number of nitrogens with zero attached hydrogens (tertiary/aromatic N) is 2. The Hall–Kier alpha value is -1.97. The summed E-state index contributed by atoms with van der Waals surface area (Å²) in [4.78, 5) is 2.25. The summed E-state index contributed by atoms with van der Waals surface area (Å²) in [6.07, 6.45) is 0.599. The number of hydrogen-bond acceptors (Lipinski definition) is 6. The van der Waals surface area contributed by atoms with Crippen molar-refractivity contribution in [2.24, 2.45) is 0 Å². The van der Waals surface area contributed by atoms with Crippen LogP contribution in [0, 0.1) is 6.92 Å². The molecule has 8 heteroatoms. The predicted octanol–water partition coefficient (Wildman–Crippen LogP) is 1.63. The molecule has 0 amide bonds. The number of rotatable bonds is 6. The third-order valence-electron chi connectivity index (χ3n) is 6.25. The summed E-state index contributed by atoms with van der Waals surface area (Å²) in [5, 5.41) is 21.6. The van der Waals surface area contributed by atoms with Gasteiger partial charge in [0.25, 0.3) is 0 Å². The molecule has 4 rings (SSSR count). The number of aliphatic hydroxyl groups is 2. The quantitative estimate of drug-likeness (QED) is 0.701. The molecule has 168 valence electrons. The molecule has 0 spiro atoms. The average Bonchev–Trinajstić information content (AvgIpc) is 3.07. The van der Waals surface area contributed by atoms with Crippen LogP contribution in [0.25, 0.3) is 0 Å². The van der Waals surface area contributed by atoms with Crippen molar-refractivity contribution in [2.75, 3.05) is 32.7 Å². The number of sulfonamides is 1. The van der Waals surface area contributed by atoms with Crippen LogP contribution in [0.1, 0.15) is 18.4 Å². The van der Waals surface area contributed by atoms with Crippen LogP contribution in [0.15, 0.2) is 59.5 Å². The Morgan fingerprint density at radius 2 is 1.71 bits per heavy atom. The molecule has 0 unspecified atom stereocenters. The first-order valence-corrected chi connectivity index (χ1v) is 12.1. The molecule has 0 aliphatic carbocycles. The van der Waals surface area contributed by atoms with Gasteiger partial charge in [0.15, 0.2) is 0 Å². The maximum absolute atomic E-state index is 12.9. The molecule has 0 radical (unpaired) electrons. The second-order valence-electron chi connectivity index (χ2n) is 8.59. The summed E-state index contributed by atoms with van der Waals surface area (Å²) in [6.45, 7) is 3.46. The van der Waals surface area contributed by atoms with Crippen molar-refractivity contribution in [3.63, 3.8) is 0 Å². The standard InChI is InChI=1S/C23H30N2O5S/c1-18-7-5-6-10-21(18)30-19-11-13-24(14-12-19)16-23(27)17-25(15-22(23)26)31(28,29)20-8-3-2-4-9-20/h2-10,19,22,26-27H,11-17H2,1H3/t22-,23+/m1/s1. The van der Waals surface area contributed by atoms with Crippen molar-refractivity contribution in [3.8, 4) is 5.75 Å². The monoisotopic (exact) mass is 446 g/mol. The Morgan fingerprint density at radius 3 is 2.39 bits per heavy atom. The van der Waals surface area contributed by atoms with E-state index in [1.807, 2.05) is 31.2 Å². The van der Waals surface area contributed by atoms with E-state index in [9.17, 15) is 18.6 Å². The Morgan fingerprint density at radius 1 is 1.06 bits per heavy atom. The summed E-state index contributed by atoms with van der Waals surface area (Å²) in [7, 11) is -3.76. The van der Waals surface area contributed by atoms with Crippen LogP contribution in [0.5, 0.6) is 5.75 Å². The van der Waals surface area contributed by atoms with Crippen LogP contribution in [0.2, 0.25) is 0 Å². The van der Waals surface area contributed by atoms with Gasteiger partial charge in [-0.3, -0.25) is 0 Å². The first kappa shape index (κ1) is 22.2. The van der Waals surface area contributed by atoms with Crippen molar-refractivity contribution < 1.29 is 23.4 Å². The number of hydrogen-bond donors (Lipinski definition) is 2. The van der Waals surface area contributed by atoms with Crippen molar-refractivity contribution in [1.29, 1.82) is 0 Å². The van der Waals surface area contributed by atoms with Crippen LogP contribution in [0.4, 0.5) is 0 Å². The Balaban J connectivity index is 1.35. The summed E-state index contributed by atoms with van der Waals surface area (Å²) < 4.78 is 33.1. The van der Waals surface area contributed by atoms with Crippen LogP contribution in [-0.2, 0) is 10.0 Å². The first-order chi connectivity index (χ1) is 14.8. The lowest BCUT2D eigenvalue weighted by Gasteiger charge is -2.37. The van der Waals surface area contributed by atoms with E-state index in [0.29, 0.717) is 0 Å². The van der Waals surface area contributed by atoms with E-state index in [0.717, 1.165) is 37.2 Å². The molecule has 2 N–H and O–H groups in total. The molecule has 31 heavy (non-hydrogen) atoms. The van der Waals surface area contributed by atoms with E-state index in [4.69, 9.17) is 4.74 Å². The van der Waals surface area contributed by atoms with E-state index in [-0.39, 0.29) is 30.6 Å². The molecule has 2 aromatic rings. The van der Waals surface area contributed by atoms with Gasteiger partial charge in [-0.25, -0.2) is 8.42 Å². The molecule has 0 bridgehead atoms. The average molecular weight is 447 g/mol. The highest BCUT2D eigenvalue weighted by Crippen LogP contribution is 2.30. The fourth-order valence-corrected chi connectivity index (χ4v) is 5.89. The molecule has 0 aromatic heterocycles.